The highest BCUT2D eigenvalue weighted by molar-refractivity contribution is 5.89. The van der Waals surface area contributed by atoms with Crippen molar-refractivity contribution in [3.05, 3.63) is 70.9 Å². The molecule has 0 fully saturated rings. The number of carbonyl (C=O) groups is 1. The fourth-order valence-corrected chi connectivity index (χ4v) is 2.22. The lowest BCUT2D eigenvalue weighted by Gasteiger charge is -2.14. The summed E-state index contributed by atoms with van der Waals surface area (Å²) in [7, 11) is 1.43. The number of para-hydroxylation sites is 1. The number of aryl methyl sites for hydroxylation is 2. The Balaban J connectivity index is 2.12. The first-order valence-electron chi connectivity index (χ1n) is 8.00. The first kappa shape index (κ1) is 18.5. The molecule has 0 unspecified atom stereocenters. The van der Waals surface area contributed by atoms with E-state index in [1.165, 1.54) is 7.11 Å². The molecule has 0 spiro atoms. The van der Waals surface area contributed by atoms with E-state index < -0.39 is 5.97 Å². The summed E-state index contributed by atoms with van der Waals surface area (Å²) < 4.78 is 11.4. The smallest absolute Gasteiger partial charge is 0.361 e. The van der Waals surface area contributed by atoms with Gasteiger partial charge in [0, 0.05) is 5.56 Å². The van der Waals surface area contributed by atoms with Crippen LogP contribution in [0, 0.1) is 13.8 Å². The average Bonchev–Trinajstić information content (AvgIpc) is 2.61. The van der Waals surface area contributed by atoms with E-state index in [4.69, 9.17) is 14.3 Å². The topological polar surface area (TPSA) is 56.8 Å². The summed E-state index contributed by atoms with van der Waals surface area (Å²) in [6, 6.07) is 13.3. The Kier molecular flexibility index (Phi) is 6.60. The summed E-state index contributed by atoms with van der Waals surface area (Å²) >= 11 is 0. The summed E-state index contributed by atoms with van der Waals surface area (Å²) in [5, 5.41) is 0. The van der Waals surface area contributed by atoms with Gasteiger partial charge in [0.15, 0.2) is 0 Å². The van der Waals surface area contributed by atoms with Crippen molar-refractivity contribution in [1.29, 1.82) is 0 Å². The standard InChI is InChI=1S/C20H23NO4/c1-5-17(21-23-4)20(22)25-18-9-7-6-8-16(18)13-24-19-12-14(2)10-11-15(19)3/h5-12,21H,13H2,1-4H3. The van der Waals surface area contributed by atoms with Gasteiger partial charge in [0.1, 0.15) is 23.8 Å². The van der Waals surface area contributed by atoms with Gasteiger partial charge in [0.2, 0.25) is 0 Å². The molecular formula is C20H23NO4. The molecule has 25 heavy (non-hydrogen) atoms. The lowest BCUT2D eigenvalue weighted by molar-refractivity contribution is -0.132. The number of hydroxylamine groups is 1. The molecule has 0 radical (unpaired) electrons. The summed E-state index contributed by atoms with van der Waals surface area (Å²) in [5.74, 6) is 0.745. The second kappa shape index (κ2) is 8.89. The molecule has 0 saturated carbocycles. The largest absolute Gasteiger partial charge is 0.488 e. The van der Waals surface area contributed by atoms with Crippen LogP contribution in [0.3, 0.4) is 0 Å². The van der Waals surface area contributed by atoms with Crippen molar-refractivity contribution in [1.82, 2.24) is 5.48 Å². The third-order valence-electron chi connectivity index (χ3n) is 3.62. The van der Waals surface area contributed by atoms with Crippen LogP contribution in [0.2, 0.25) is 0 Å². The minimum absolute atomic E-state index is 0.229. The molecule has 2 aromatic carbocycles. The van der Waals surface area contributed by atoms with Crippen LogP contribution in [0.5, 0.6) is 11.5 Å². The number of benzene rings is 2. The van der Waals surface area contributed by atoms with E-state index >= 15 is 0 Å². The third-order valence-corrected chi connectivity index (χ3v) is 3.62. The maximum absolute atomic E-state index is 12.2. The van der Waals surface area contributed by atoms with Crippen LogP contribution in [0.15, 0.2) is 54.2 Å². The lowest BCUT2D eigenvalue weighted by atomic mass is 10.1. The highest BCUT2D eigenvalue weighted by Gasteiger charge is 2.14. The van der Waals surface area contributed by atoms with Gasteiger partial charge in [-0.1, -0.05) is 36.4 Å². The van der Waals surface area contributed by atoms with Crippen LogP contribution in [0.4, 0.5) is 0 Å². The zero-order valence-corrected chi connectivity index (χ0v) is 15.0. The minimum Gasteiger partial charge on any atom is -0.488 e. The Morgan fingerprint density at radius 1 is 1.12 bits per heavy atom. The van der Waals surface area contributed by atoms with Crippen molar-refractivity contribution in [2.45, 2.75) is 27.4 Å². The van der Waals surface area contributed by atoms with Crippen molar-refractivity contribution in [3.8, 4) is 11.5 Å². The Morgan fingerprint density at radius 2 is 1.88 bits per heavy atom. The van der Waals surface area contributed by atoms with Crippen LogP contribution in [-0.4, -0.2) is 13.1 Å². The van der Waals surface area contributed by atoms with Gasteiger partial charge in [-0.15, -0.1) is 0 Å². The van der Waals surface area contributed by atoms with Gasteiger partial charge < -0.3 is 9.47 Å². The first-order valence-corrected chi connectivity index (χ1v) is 8.00. The Morgan fingerprint density at radius 3 is 2.60 bits per heavy atom. The zero-order chi connectivity index (χ0) is 18.2. The summed E-state index contributed by atoms with van der Waals surface area (Å²) in [6.45, 7) is 6.04. The monoisotopic (exact) mass is 341 g/mol. The Hall–Kier alpha value is -2.79. The zero-order valence-electron chi connectivity index (χ0n) is 15.0. The average molecular weight is 341 g/mol. The molecule has 132 valence electrons. The molecule has 0 atom stereocenters. The number of carbonyl (C=O) groups excluding carboxylic acids is 1. The van der Waals surface area contributed by atoms with Crippen molar-refractivity contribution in [2.75, 3.05) is 7.11 Å². The second-order valence-electron chi connectivity index (χ2n) is 5.56. The van der Waals surface area contributed by atoms with E-state index in [1.807, 2.05) is 50.2 Å². The van der Waals surface area contributed by atoms with Crippen LogP contribution in [0.25, 0.3) is 0 Å². The van der Waals surface area contributed by atoms with Crippen LogP contribution in [-0.2, 0) is 16.2 Å². The molecule has 0 saturated heterocycles. The number of hydrogen-bond donors (Lipinski definition) is 1. The SMILES string of the molecule is CC=C(NOC)C(=O)Oc1ccccc1COc1cc(C)ccc1C. The fourth-order valence-electron chi connectivity index (χ4n) is 2.22. The molecule has 0 aliphatic rings. The number of nitrogens with one attached hydrogen (secondary N) is 1. The number of hydrogen-bond acceptors (Lipinski definition) is 5. The highest BCUT2D eigenvalue weighted by atomic mass is 16.6. The second-order valence-corrected chi connectivity index (χ2v) is 5.56. The molecule has 2 aromatic rings. The molecule has 0 aromatic heterocycles. The number of esters is 1. The van der Waals surface area contributed by atoms with Gasteiger partial charge in [0.25, 0.3) is 0 Å². The van der Waals surface area contributed by atoms with E-state index in [2.05, 4.69) is 5.48 Å². The molecule has 0 aliphatic carbocycles. The molecule has 5 nitrogen and oxygen atoms in total. The molecule has 0 bridgehead atoms. The summed E-state index contributed by atoms with van der Waals surface area (Å²) in [5.41, 5.74) is 5.69. The predicted molar refractivity (Wildman–Crippen MR) is 96.2 cm³/mol. The van der Waals surface area contributed by atoms with Gasteiger partial charge in [-0.3, -0.25) is 10.3 Å². The van der Waals surface area contributed by atoms with Crippen LogP contribution < -0.4 is 15.0 Å². The Bertz CT molecular complexity index is 768. The summed E-state index contributed by atoms with van der Waals surface area (Å²) in [4.78, 5) is 17.0. The van der Waals surface area contributed by atoms with Crippen molar-refractivity contribution in [3.63, 3.8) is 0 Å². The van der Waals surface area contributed by atoms with Crippen molar-refractivity contribution in [2.24, 2.45) is 0 Å². The van der Waals surface area contributed by atoms with Crippen molar-refractivity contribution < 1.29 is 19.1 Å². The molecule has 5 heteroatoms. The number of ether oxygens (including phenoxy) is 2. The van der Waals surface area contributed by atoms with E-state index in [9.17, 15) is 4.79 Å². The number of rotatable bonds is 7. The van der Waals surface area contributed by atoms with Gasteiger partial charge >= 0.3 is 5.97 Å². The van der Waals surface area contributed by atoms with Crippen LogP contribution >= 0.6 is 0 Å². The van der Waals surface area contributed by atoms with Crippen LogP contribution in [0.1, 0.15) is 23.6 Å². The van der Waals surface area contributed by atoms with Gasteiger partial charge in [-0.25, -0.2) is 4.79 Å². The third kappa shape index (κ3) is 5.09. The highest BCUT2D eigenvalue weighted by Crippen LogP contribution is 2.24. The lowest BCUT2D eigenvalue weighted by Crippen LogP contribution is -2.23. The van der Waals surface area contributed by atoms with E-state index in [-0.39, 0.29) is 5.70 Å². The maximum atomic E-state index is 12.2. The Labute approximate surface area is 148 Å². The fraction of sp³-hybridized carbons (Fsp3) is 0.250. The summed E-state index contributed by atoms with van der Waals surface area (Å²) in [6.07, 6.45) is 1.58. The number of allylic oxidation sites excluding steroid dienone is 1. The van der Waals surface area contributed by atoms with Gasteiger partial charge in [-0.2, -0.15) is 0 Å². The maximum Gasteiger partial charge on any atom is 0.361 e. The molecule has 1 N–H and O–H groups in total. The van der Waals surface area contributed by atoms with E-state index in [0.717, 1.165) is 22.4 Å². The quantitative estimate of drug-likeness (QED) is 0.359. The molecular weight excluding hydrogens is 318 g/mol. The van der Waals surface area contributed by atoms with Crippen molar-refractivity contribution >= 4 is 5.97 Å². The minimum atomic E-state index is -0.525. The molecule has 0 aliphatic heterocycles. The molecule has 0 amide bonds. The van der Waals surface area contributed by atoms with Gasteiger partial charge in [-0.05, 0) is 44.0 Å². The van der Waals surface area contributed by atoms with Gasteiger partial charge in [0.05, 0.1) is 7.11 Å². The first-order chi connectivity index (χ1) is 12.0. The van der Waals surface area contributed by atoms with E-state index in [0.29, 0.717) is 12.4 Å². The normalized spacial score (nSPS) is 11.1. The van der Waals surface area contributed by atoms with E-state index in [1.54, 1.807) is 19.1 Å². The molecule has 0 heterocycles. The predicted octanol–water partition coefficient (Wildman–Crippen LogP) is 3.84. The molecule has 2 rings (SSSR count).